The number of nitrogens with two attached hydrogens (primary N) is 1. The number of rotatable bonds is 4. The summed E-state index contributed by atoms with van der Waals surface area (Å²) in [6.07, 6.45) is 1.29. The van der Waals surface area contributed by atoms with Crippen LogP contribution < -0.4 is 5.73 Å². The van der Waals surface area contributed by atoms with Crippen molar-refractivity contribution in [2.45, 2.75) is 31.1 Å². The molecule has 1 fully saturated rings. The van der Waals surface area contributed by atoms with Crippen LogP contribution in [0.2, 0.25) is 0 Å². The first-order valence-electron chi connectivity index (χ1n) is 6.55. The number of likely N-dealkylation sites (tertiary alicyclic amines) is 1. The molecule has 0 unspecified atom stereocenters. The topological polar surface area (TPSA) is 104 Å². The average molecular weight is 298 g/mol. The van der Waals surface area contributed by atoms with Gasteiger partial charge in [0, 0.05) is 6.54 Å². The van der Waals surface area contributed by atoms with E-state index in [1.807, 2.05) is 30.3 Å². The molecule has 110 valence electrons. The average Bonchev–Trinajstić information content (AvgIpc) is 2.88. The largest absolute Gasteiger partial charge is 0.347 e. The summed E-state index contributed by atoms with van der Waals surface area (Å²) in [7, 11) is -4.30. The Hall–Kier alpha value is -1.20. The maximum absolute atomic E-state index is 12.3. The summed E-state index contributed by atoms with van der Waals surface area (Å²) in [5.41, 5.74) is 6.82. The first kappa shape index (κ1) is 15.2. The molecule has 1 amide bonds. The van der Waals surface area contributed by atoms with Crippen molar-refractivity contribution in [3.8, 4) is 0 Å². The van der Waals surface area contributed by atoms with Gasteiger partial charge < -0.3 is 20.4 Å². The van der Waals surface area contributed by atoms with Crippen LogP contribution in [0.15, 0.2) is 30.3 Å². The molecule has 0 spiro atoms. The minimum atomic E-state index is -4.30. The second-order valence-corrected chi connectivity index (χ2v) is 6.81. The minimum absolute atomic E-state index is 0.327. The second kappa shape index (κ2) is 6.06. The lowest BCUT2D eigenvalue weighted by atomic mass is 10.1. The Kier molecular flexibility index (Phi) is 4.60. The van der Waals surface area contributed by atoms with Gasteiger partial charge in [-0.2, -0.15) is 0 Å². The van der Waals surface area contributed by atoms with Crippen molar-refractivity contribution in [1.82, 2.24) is 4.90 Å². The van der Waals surface area contributed by atoms with Gasteiger partial charge in [0.2, 0.25) is 5.91 Å². The normalized spacial score (nSPS) is 20.9. The van der Waals surface area contributed by atoms with Gasteiger partial charge in [-0.3, -0.25) is 9.36 Å². The Morgan fingerprint density at radius 3 is 2.65 bits per heavy atom. The molecule has 2 atom stereocenters. The summed E-state index contributed by atoms with van der Waals surface area (Å²) in [6.45, 7) is 0.358. The van der Waals surface area contributed by atoms with Gasteiger partial charge >= 0.3 is 7.60 Å². The van der Waals surface area contributed by atoms with E-state index in [1.165, 1.54) is 4.90 Å². The number of nitrogens with zero attached hydrogens (tertiary/aromatic N) is 1. The highest BCUT2D eigenvalue weighted by Crippen LogP contribution is 2.47. The van der Waals surface area contributed by atoms with Crippen LogP contribution in [0.5, 0.6) is 0 Å². The van der Waals surface area contributed by atoms with E-state index in [0.29, 0.717) is 25.8 Å². The third-order valence-electron chi connectivity index (χ3n) is 3.51. The number of carbonyl (C=O) groups excluding carboxylic acids is 1. The third-order valence-corrected chi connectivity index (χ3v) is 4.82. The van der Waals surface area contributed by atoms with Gasteiger partial charge in [0.1, 0.15) is 5.78 Å². The Morgan fingerprint density at radius 2 is 2.05 bits per heavy atom. The van der Waals surface area contributed by atoms with E-state index in [4.69, 9.17) is 5.73 Å². The fourth-order valence-corrected chi connectivity index (χ4v) is 3.64. The molecule has 4 N–H and O–H groups in total. The molecule has 1 aliphatic heterocycles. The molecule has 0 bridgehead atoms. The van der Waals surface area contributed by atoms with Crippen molar-refractivity contribution in [2.75, 3.05) is 6.54 Å². The first-order valence-corrected chi connectivity index (χ1v) is 8.23. The third kappa shape index (κ3) is 3.46. The SMILES string of the molecule is N[C@@H](Cc1ccccc1)C(=O)N1CCC[C@H]1P(=O)(O)O. The Labute approximate surface area is 117 Å². The second-order valence-electron chi connectivity index (χ2n) is 5.04. The summed E-state index contributed by atoms with van der Waals surface area (Å²) in [5, 5.41) is 0. The summed E-state index contributed by atoms with van der Waals surface area (Å²) < 4.78 is 11.4. The standard InChI is InChI=1S/C13H19N2O4P/c14-11(9-10-5-2-1-3-6-10)13(16)15-8-4-7-12(15)20(17,18)19/h1-3,5-6,11-12H,4,7-9,14H2,(H2,17,18,19)/t11-,12+/m0/s1. The summed E-state index contributed by atoms with van der Waals surface area (Å²) in [6, 6.07) is 8.57. The van der Waals surface area contributed by atoms with E-state index >= 15 is 0 Å². The fourth-order valence-electron chi connectivity index (χ4n) is 2.52. The van der Waals surface area contributed by atoms with Crippen LogP contribution >= 0.6 is 7.60 Å². The number of amides is 1. The predicted molar refractivity (Wildman–Crippen MR) is 74.9 cm³/mol. The van der Waals surface area contributed by atoms with Gasteiger partial charge in [-0.05, 0) is 24.8 Å². The van der Waals surface area contributed by atoms with Gasteiger partial charge in [0.25, 0.3) is 0 Å². The first-order chi connectivity index (χ1) is 9.39. The number of hydrogen-bond acceptors (Lipinski definition) is 3. The molecule has 2 rings (SSSR count). The molecule has 0 saturated carbocycles. The van der Waals surface area contributed by atoms with E-state index in [-0.39, 0.29) is 5.91 Å². The molecule has 1 aromatic carbocycles. The van der Waals surface area contributed by atoms with Crippen LogP contribution in [-0.2, 0) is 15.8 Å². The van der Waals surface area contributed by atoms with E-state index in [2.05, 4.69) is 0 Å². The van der Waals surface area contributed by atoms with Gasteiger partial charge in [0.15, 0.2) is 0 Å². The molecule has 0 aromatic heterocycles. The zero-order valence-electron chi connectivity index (χ0n) is 11.1. The van der Waals surface area contributed by atoms with Crippen molar-refractivity contribution in [1.29, 1.82) is 0 Å². The summed E-state index contributed by atoms with van der Waals surface area (Å²) >= 11 is 0. The minimum Gasteiger partial charge on any atom is -0.327 e. The van der Waals surface area contributed by atoms with Gasteiger partial charge in [-0.25, -0.2) is 0 Å². The maximum atomic E-state index is 12.3. The molecular weight excluding hydrogens is 279 g/mol. The van der Waals surface area contributed by atoms with Gasteiger partial charge in [-0.15, -0.1) is 0 Å². The Balaban J connectivity index is 2.05. The van der Waals surface area contributed by atoms with Crippen LogP contribution in [-0.4, -0.2) is 39.0 Å². The molecule has 1 heterocycles. The van der Waals surface area contributed by atoms with Crippen LogP contribution in [0, 0.1) is 0 Å². The van der Waals surface area contributed by atoms with Crippen molar-refractivity contribution < 1.29 is 19.1 Å². The molecule has 6 nitrogen and oxygen atoms in total. The lowest BCUT2D eigenvalue weighted by Gasteiger charge is -2.27. The van der Waals surface area contributed by atoms with Crippen LogP contribution in [0.3, 0.4) is 0 Å². The lowest BCUT2D eigenvalue weighted by Crippen LogP contribution is -2.46. The highest BCUT2D eigenvalue weighted by molar-refractivity contribution is 7.52. The highest BCUT2D eigenvalue weighted by atomic mass is 31.2. The van der Waals surface area contributed by atoms with Crippen molar-refractivity contribution in [3.63, 3.8) is 0 Å². The molecule has 1 saturated heterocycles. The molecule has 1 aromatic rings. The van der Waals surface area contributed by atoms with Gasteiger partial charge in [-0.1, -0.05) is 30.3 Å². The van der Waals surface area contributed by atoms with Crippen LogP contribution in [0.1, 0.15) is 18.4 Å². The molecule has 7 heteroatoms. The summed E-state index contributed by atoms with van der Waals surface area (Å²) in [4.78, 5) is 32.1. The van der Waals surface area contributed by atoms with E-state index in [0.717, 1.165) is 5.56 Å². The van der Waals surface area contributed by atoms with E-state index in [9.17, 15) is 19.1 Å². The monoisotopic (exact) mass is 298 g/mol. The fraction of sp³-hybridized carbons (Fsp3) is 0.462. The number of hydrogen-bond donors (Lipinski definition) is 3. The van der Waals surface area contributed by atoms with E-state index in [1.54, 1.807) is 0 Å². The molecular formula is C13H19N2O4P. The van der Waals surface area contributed by atoms with Gasteiger partial charge in [0.05, 0.1) is 6.04 Å². The number of carbonyl (C=O) groups is 1. The molecule has 0 aliphatic carbocycles. The Bertz CT molecular complexity index is 516. The Morgan fingerprint density at radius 1 is 1.40 bits per heavy atom. The van der Waals surface area contributed by atoms with Crippen LogP contribution in [0.25, 0.3) is 0 Å². The van der Waals surface area contributed by atoms with Crippen molar-refractivity contribution in [3.05, 3.63) is 35.9 Å². The zero-order chi connectivity index (χ0) is 14.8. The van der Waals surface area contributed by atoms with Crippen molar-refractivity contribution >= 4 is 13.5 Å². The molecule has 0 radical (unpaired) electrons. The smallest absolute Gasteiger partial charge is 0.327 e. The van der Waals surface area contributed by atoms with Crippen molar-refractivity contribution in [2.24, 2.45) is 5.73 Å². The quantitative estimate of drug-likeness (QED) is 0.709. The maximum Gasteiger partial charge on any atom is 0.347 e. The zero-order valence-corrected chi connectivity index (χ0v) is 11.9. The van der Waals surface area contributed by atoms with E-state index < -0.39 is 19.4 Å². The number of benzene rings is 1. The summed E-state index contributed by atoms with van der Waals surface area (Å²) in [5.74, 6) is -1.41. The molecule has 20 heavy (non-hydrogen) atoms. The highest BCUT2D eigenvalue weighted by Gasteiger charge is 2.41. The lowest BCUT2D eigenvalue weighted by molar-refractivity contribution is -0.132. The van der Waals surface area contributed by atoms with Crippen LogP contribution in [0.4, 0.5) is 0 Å². The molecule has 1 aliphatic rings. The predicted octanol–water partition coefficient (Wildman–Crippen LogP) is 0.683.